The summed E-state index contributed by atoms with van der Waals surface area (Å²) in [4.78, 5) is 21.6. The average Bonchev–Trinajstić information content (AvgIpc) is 2.65. The molecule has 0 aliphatic rings. The molecule has 0 radical (unpaired) electrons. The van der Waals surface area contributed by atoms with Crippen LogP contribution in [0.3, 0.4) is 0 Å². The number of esters is 1. The fourth-order valence-corrected chi connectivity index (χ4v) is 2.87. The molecule has 0 aromatic heterocycles. The monoisotopic (exact) mass is 478 g/mol. The molecule has 0 N–H and O–H groups in total. The summed E-state index contributed by atoms with van der Waals surface area (Å²) in [5.41, 5.74) is 1.69. The topological polar surface area (TPSA) is 102 Å². The second kappa shape index (κ2) is 9.68. The standard InChI is InChI=1S/C19H15IN2O5/c1-2-26-19(23)12-27-18-8-3-13(10-17(18)20)9-15(11-21)14-4-6-16(7-5-14)22(24)25/h3-10H,2,12H2,1H3/b15-9-. The van der Waals surface area contributed by atoms with Crippen LogP contribution in [0.25, 0.3) is 11.6 Å². The molecule has 0 fully saturated rings. The van der Waals surface area contributed by atoms with Gasteiger partial charge in [-0.3, -0.25) is 10.1 Å². The van der Waals surface area contributed by atoms with Crippen LogP contribution in [0.2, 0.25) is 0 Å². The molecule has 27 heavy (non-hydrogen) atoms. The summed E-state index contributed by atoms with van der Waals surface area (Å²) in [6.45, 7) is 1.84. The summed E-state index contributed by atoms with van der Waals surface area (Å²) in [6, 6.07) is 13.2. The van der Waals surface area contributed by atoms with Gasteiger partial charge in [-0.15, -0.1) is 0 Å². The molecule has 0 aliphatic heterocycles. The molecule has 2 aromatic rings. The summed E-state index contributed by atoms with van der Waals surface area (Å²) in [6.07, 6.45) is 1.68. The molecule has 0 atom stereocenters. The smallest absolute Gasteiger partial charge is 0.344 e. The minimum absolute atomic E-state index is 0.0336. The quantitative estimate of drug-likeness (QED) is 0.148. The summed E-state index contributed by atoms with van der Waals surface area (Å²) >= 11 is 2.07. The lowest BCUT2D eigenvalue weighted by Crippen LogP contribution is -2.14. The first kappa shape index (κ1) is 20.4. The highest BCUT2D eigenvalue weighted by molar-refractivity contribution is 14.1. The molecule has 7 nitrogen and oxygen atoms in total. The van der Waals surface area contributed by atoms with Crippen LogP contribution in [0.15, 0.2) is 42.5 Å². The van der Waals surface area contributed by atoms with E-state index in [1.807, 2.05) is 6.07 Å². The number of non-ortho nitro benzene ring substituents is 1. The summed E-state index contributed by atoms with van der Waals surface area (Å²) in [5.74, 6) is 0.0943. The van der Waals surface area contributed by atoms with Crippen LogP contribution in [0.5, 0.6) is 5.75 Å². The number of hydrogen-bond acceptors (Lipinski definition) is 6. The van der Waals surface area contributed by atoms with E-state index in [-0.39, 0.29) is 12.3 Å². The van der Waals surface area contributed by atoms with Crippen molar-refractivity contribution in [3.05, 3.63) is 67.3 Å². The number of nitrogens with zero attached hydrogens (tertiary/aromatic N) is 2. The molecular weight excluding hydrogens is 463 g/mol. The van der Waals surface area contributed by atoms with Crippen LogP contribution in [0.1, 0.15) is 18.1 Å². The van der Waals surface area contributed by atoms with Crippen molar-refractivity contribution in [2.45, 2.75) is 6.92 Å². The van der Waals surface area contributed by atoms with Crippen LogP contribution in [0.4, 0.5) is 5.69 Å². The zero-order valence-electron chi connectivity index (χ0n) is 14.3. The SMILES string of the molecule is CCOC(=O)COc1ccc(/C=C(/C#N)c2ccc([N+](=O)[O-])cc2)cc1I. The van der Waals surface area contributed by atoms with E-state index < -0.39 is 10.9 Å². The maximum Gasteiger partial charge on any atom is 0.344 e. The first-order valence-corrected chi connectivity index (χ1v) is 8.97. The number of hydrogen-bond donors (Lipinski definition) is 0. The van der Waals surface area contributed by atoms with Gasteiger partial charge in [-0.2, -0.15) is 5.26 Å². The Hall–Kier alpha value is -2.93. The maximum atomic E-state index is 11.4. The van der Waals surface area contributed by atoms with Gasteiger partial charge in [0.25, 0.3) is 5.69 Å². The van der Waals surface area contributed by atoms with Crippen LogP contribution in [-0.2, 0) is 9.53 Å². The van der Waals surface area contributed by atoms with Gasteiger partial charge in [0.15, 0.2) is 6.61 Å². The zero-order chi connectivity index (χ0) is 19.8. The summed E-state index contributed by atoms with van der Waals surface area (Å²) in [7, 11) is 0. The maximum absolute atomic E-state index is 11.4. The molecule has 0 saturated carbocycles. The van der Waals surface area contributed by atoms with Gasteiger partial charge < -0.3 is 9.47 Å². The number of ether oxygens (including phenoxy) is 2. The molecule has 138 valence electrons. The van der Waals surface area contributed by atoms with E-state index in [1.54, 1.807) is 25.1 Å². The number of halogens is 1. The zero-order valence-corrected chi connectivity index (χ0v) is 16.5. The van der Waals surface area contributed by atoms with Gasteiger partial charge in [-0.1, -0.05) is 6.07 Å². The van der Waals surface area contributed by atoms with Gasteiger partial charge in [0.2, 0.25) is 0 Å². The second-order valence-corrected chi connectivity index (χ2v) is 6.42. The van der Waals surface area contributed by atoms with Crippen molar-refractivity contribution in [3.8, 4) is 11.8 Å². The Bertz CT molecular complexity index is 917. The number of carbonyl (C=O) groups is 1. The molecule has 0 unspecified atom stereocenters. The van der Waals surface area contributed by atoms with Gasteiger partial charge in [-0.25, -0.2) is 4.79 Å². The number of nitro groups is 1. The first-order chi connectivity index (χ1) is 12.9. The van der Waals surface area contributed by atoms with Gasteiger partial charge >= 0.3 is 5.97 Å². The number of allylic oxidation sites excluding steroid dienone is 1. The Morgan fingerprint density at radius 3 is 2.56 bits per heavy atom. The molecule has 8 heteroatoms. The van der Waals surface area contributed by atoms with E-state index in [0.717, 1.165) is 9.13 Å². The lowest BCUT2D eigenvalue weighted by Gasteiger charge is -2.08. The number of nitriles is 1. The minimum atomic E-state index is -0.489. The third-order valence-corrected chi connectivity index (χ3v) is 4.27. The molecule has 2 aromatic carbocycles. The normalized spacial score (nSPS) is 10.8. The highest BCUT2D eigenvalue weighted by Crippen LogP contribution is 2.25. The Kier molecular flexibility index (Phi) is 7.31. The minimum Gasteiger partial charge on any atom is -0.481 e. The largest absolute Gasteiger partial charge is 0.481 e. The van der Waals surface area contributed by atoms with Gasteiger partial charge in [0.1, 0.15) is 5.75 Å². The Morgan fingerprint density at radius 1 is 1.30 bits per heavy atom. The van der Waals surface area contributed by atoms with Crippen molar-refractivity contribution in [3.63, 3.8) is 0 Å². The van der Waals surface area contributed by atoms with Crippen LogP contribution in [-0.4, -0.2) is 24.1 Å². The second-order valence-electron chi connectivity index (χ2n) is 5.26. The van der Waals surface area contributed by atoms with E-state index in [4.69, 9.17) is 9.47 Å². The number of rotatable bonds is 7. The fraction of sp³-hybridized carbons (Fsp3) is 0.158. The first-order valence-electron chi connectivity index (χ1n) is 7.89. The average molecular weight is 478 g/mol. The summed E-state index contributed by atoms with van der Waals surface area (Å²) < 4.78 is 11.0. The highest BCUT2D eigenvalue weighted by atomic mass is 127. The molecule has 0 aliphatic carbocycles. The molecule has 0 spiro atoms. The number of benzene rings is 2. The summed E-state index contributed by atoms with van der Waals surface area (Å²) in [5, 5.41) is 20.1. The van der Waals surface area contributed by atoms with Crippen molar-refractivity contribution in [1.29, 1.82) is 5.26 Å². The van der Waals surface area contributed by atoms with Crippen molar-refractivity contribution in [1.82, 2.24) is 0 Å². The Labute approximate surface area is 169 Å². The Morgan fingerprint density at radius 2 is 2.00 bits per heavy atom. The van der Waals surface area contributed by atoms with E-state index in [9.17, 15) is 20.2 Å². The van der Waals surface area contributed by atoms with Crippen molar-refractivity contribution < 1.29 is 19.2 Å². The Balaban J connectivity index is 2.19. The third kappa shape index (κ3) is 5.79. The predicted molar refractivity (Wildman–Crippen MR) is 108 cm³/mol. The van der Waals surface area contributed by atoms with Crippen LogP contribution >= 0.6 is 22.6 Å². The van der Waals surface area contributed by atoms with Gasteiger partial charge in [0, 0.05) is 12.1 Å². The molecule has 0 saturated heterocycles. The lowest BCUT2D eigenvalue weighted by molar-refractivity contribution is -0.384. The molecule has 0 bridgehead atoms. The van der Waals surface area contributed by atoms with Crippen molar-refractivity contribution in [2.24, 2.45) is 0 Å². The molecule has 0 heterocycles. The lowest BCUT2D eigenvalue weighted by atomic mass is 10.0. The predicted octanol–water partition coefficient (Wildman–Crippen LogP) is 4.21. The third-order valence-electron chi connectivity index (χ3n) is 3.43. The fourth-order valence-electron chi connectivity index (χ4n) is 2.17. The van der Waals surface area contributed by atoms with E-state index in [0.29, 0.717) is 23.5 Å². The number of nitro benzene ring substituents is 1. The molecule has 0 amide bonds. The van der Waals surface area contributed by atoms with Crippen LogP contribution < -0.4 is 4.74 Å². The molecular formula is C19H15IN2O5. The van der Waals surface area contributed by atoms with Gasteiger partial charge in [-0.05, 0) is 71.0 Å². The molecule has 2 rings (SSSR count). The van der Waals surface area contributed by atoms with Gasteiger partial charge in [0.05, 0.1) is 26.7 Å². The number of carbonyl (C=O) groups excluding carboxylic acids is 1. The van der Waals surface area contributed by atoms with Crippen LogP contribution in [0, 0.1) is 25.0 Å². The van der Waals surface area contributed by atoms with Crippen molar-refractivity contribution in [2.75, 3.05) is 13.2 Å². The van der Waals surface area contributed by atoms with Crippen molar-refractivity contribution >= 4 is 45.9 Å². The van der Waals surface area contributed by atoms with E-state index in [2.05, 4.69) is 28.7 Å². The highest BCUT2D eigenvalue weighted by Gasteiger charge is 2.09. The van der Waals surface area contributed by atoms with E-state index >= 15 is 0 Å². The van der Waals surface area contributed by atoms with E-state index in [1.165, 1.54) is 24.3 Å².